The van der Waals surface area contributed by atoms with Crippen molar-refractivity contribution in [3.63, 3.8) is 0 Å². The van der Waals surface area contributed by atoms with E-state index in [1.807, 2.05) is 13.8 Å². The van der Waals surface area contributed by atoms with Gasteiger partial charge in [0.15, 0.2) is 17.3 Å². The van der Waals surface area contributed by atoms with Crippen molar-refractivity contribution < 1.29 is 98.8 Å². The van der Waals surface area contributed by atoms with Gasteiger partial charge in [-0.1, -0.05) is 55.2 Å². The molecule has 89 heavy (non-hydrogen) atoms. The third kappa shape index (κ3) is 14.2. The Balaban J connectivity index is 1.30. The first kappa shape index (κ1) is 65.8. The molecule has 6 heterocycles. The first-order chi connectivity index (χ1) is 42.3. The van der Waals surface area contributed by atoms with E-state index in [0.717, 1.165) is 12.1 Å². The zero-order chi connectivity index (χ0) is 64.4. The summed E-state index contributed by atoms with van der Waals surface area (Å²) in [4.78, 5) is 87.2. The lowest BCUT2D eigenvalue weighted by Crippen LogP contribution is -2.60. The summed E-state index contributed by atoms with van der Waals surface area (Å²) in [6.07, 6.45) is -15.7. The molecule has 6 aliphatic heterocycles. The van der Waals surface area contributed by atoms with Gasteiger partial charge in [-0.2, -0.15) is 0 Å². The molecule has 3 unspecified atom stereocenters. The predicted octanol–water partition coefficient (Wildman–Crippen LogP) is 3.66. The summed E-state index contributed by atoms with van der Waals surface area (Å²) in [6, 6.07) is 10.9. The van der Waals surface area contributed by atoms with Gasteiger partial charge in [-0.3, -0.25) is 28.8 Å². The number of benzene rings is 5. The molecule has 11 rings (SSSR count). The SMILES string of the molecule is CN[C@H](CC(C)C)C(=O)N[C@H]1C(=O)C[C@@H](CC(N)=O)C(=O)N[C@H]2CC[C@@H]3C(=O)C[C@H](C(=O)N[C@H](CO)c4cc(O)cc(O)c4-c4cc3ccc4O)[C@H](O)c3ccc(c(Cl)c3)Oc3cc2cc(c3OC2OC(CO)C(O)[C@H](O)[C@H]2O)Oc2ccc(cc2Cl)[C@H]1O. The minimum absolute atomic E-state index is 0.0174. The number of aliphatic hydroxyl groups excluding tert-OH is 7. The minimum Gasteiger partial charge on any atom is -0.508 e. The van der Waals surface area contributed by atoms with Gasteiger partial charge in [-0.25, -0.2) is 0 Å². The Morgan fingerprint density at radius 1 is 0.708 bits per heavy atom. The number of phenols is 3. The van der Waals surface area contributed by atoms with Gasteiger partial charge in [0.1, 0.15) is 71.1 Å². The monoisotopic (exact) mass is 1270 g/mol. The third-order valence-electron chi connectivity index (χ3n) is 16.4. The lowest BCUT2D eigenvalue weighted by Gasteiger charge is -2.39. The second-order valence-corrected chi connectivity index (χ2v) is 23.9. The maximum atomic E-state index is 15.4. The van der Waals surface area contributed by atoms with Crippen LogP contribution in [0.3, 0.4) is 0 Å². The van der Waals surface area contributed by atoms with Crippen LogP contribution in [-0.2, 0) is 33.5 Å². The summed E-state index contributed by atoms with van der Waals surface area (Å²) < 4.78 is 25.3. The number of primary amides is 1. The van der Waals surface area contributed by atoms with E-state index < -0.39 is 176 Å². The number of aliphatic hydroxyl groups is 7. The fourth-order valence-electron chi connectivity index (χ4n) is 11.7. The van der Waals surface area contributed by atoms with Crippen LogP contribution in [0.5, 0.6) is 46.0 Å². The molecule has 0 radical (unpaired) electrons. The van der Waals surface area contributed by atoms with Crippen LogP contribution in [0.2, 0.25) is 10.0 Å². The highest BCUT2D eigenvalue weighted by atomic mass is 35.5. The number of aromatic hydroxyl groups is 3. The normalized spacial score (nSPS) is 26.9. The average molecular weight is 1280 g/mol. The van der Waals surface area contributed by atoms with Gasteiger partial charge in [-0.15, -0.1) is 0 Å². The second kappa shape index (κ2) is 27.6. The van der Waals surface area contributed by atoms with Crippen LogP contribution in [-0.4, -0.2) is 149 Å². The molecular weight excluding hydrogens is 1210 g/mol. The van der Waals surface area contributed by atoms with Crippen molar-refractivity contribution in [3.8, 4) is 57.1 Å². The van der Waals surface area contributed by atoms with Crippen LogP contribution in [0, 0.1) is 17.8 Å². The van der Waals surface area contributed by atoms with Gasteiger partial charge in [0.05, 0.1) is 59.3 Å². The molecule has 476 valence electrons. The van der Waals surface area contributed by atoms with E-state index in [4.69, 9.17) is 47.9 Å². The molecule has 0 aromatic heterocycles. The molecule has 4 amide bonds. The fraction of sp³-hybridized carbons (Fsp3) is 0.419. The first-order valence-corrected chi connectivity index (χ1v) is 29.4. The Morgan fingerprint density at radius 3 is 1.94 bits per heavy atom. The summed E-state index contributed by atoms with van der Waals surface area (Å²) in [7, 11) is 1.53. The molecule has 14 atom stereocenters. The summed E-state index contributed by atoms with van der Waals surface area (Å²) in [6.45, 7) is 2.01. The molecule has 0 saturated carbocycles. The van der Waals surface area contributed by atoms with Crippen LogP contribution in [0.15, 0.2) is 78.9 Å². The Hall–Kier alpha value is -7.66. The van der Waals surface area contributed by atoms with E-state index in [2.05, 4.69) is 21.3 Å². The number of ether oxygens (including phenoxy) is 4. The summed E-state index contributed by atoms with van der Waals surface area (Å²) >= 11 is 14.0. The number of hydrogen-bond acceptors (Lipinski definition) is 21. The lowest BCUT2D eigenvalue weighted by molar-refractivity contribution is -0.277. The van der Waals surface area contributed by atoms with Crippen molar-refractivity contribution in [2.45, 2.75) is 125 Å². The highest BCUT2D eigenvalue weighted by molar-refractivity contribution is 6.32. The Kier molecular flexibility index (Phi) is 20.4. The van der Waals surface area contributed by atoms with Gasteiger partial charge in [-0.05, 0) is 115 Å². The van der Waals surface area contributed by atoms with Crippen LogP contribution < -0.4 is 41.2 Å². The van der Waals surface area contributed by atoms with Crippen LogP contribution in [0.1, 0.15) is 110 Å². The van der Waals surface area contributed by atoms with Gasteiger partial charge < -0.3 is 97.0 Å². The van der Waals surface area contributed by atoms with E-state index in [-0.39, 0.29) is 90.7 Å². The Bertz CT molecular complexity index is 3530. The number of carbonyl (C=O) groups is 6. The van der Waals surface area contributed by atoms with Gasteiger partial charge in [0, 0.05) is 42.4 Å². The van der Waals surface area contributed by atoms with E-state index in [9.17, 15) is 70.2 Å². The number of phenolic OH excluding ortho intramolecular Hbond substituents is 3. The first-order valence-electron chi connectivity index (χ1n) is 28.7. The highest BCUT2D eigenvalue weighted by Gasteiger charge is 2.46. The fourth-order valence-corrected chi connectivity index (χ4v) is 12.2. The molecule has 1 fully saturated rings. The van der Waals surface area contributed by atoms with E-state index in [1.165, 1.54) is 73.8 Å². The zero-order valence-electron chi connectivity index (χ0n) is 48.2. The maximum absolute atomic E-state index is 15.4. The molecule has 0 aliphatic carbocycles. The van der Waals surface area contributed by atoms with Crippen LogP contribution >= 0.6 is 23.2 Å². The molecule has 25 nitrogen and oxygen atoms in total. The number of fused-ring (bicyclic) bond motifs is 15. The molecule has 6 aliphatic rings. The number of ketones is 2. The number of Topliss-reactive ketones (excluding diaryl/α,β-unsaturated/α-hetero) is 2. The Morgan fingerprint density at radius 2 is 1.35 bits per heavy atom. The zero-order valence-corrected chi connectivity index (χ0v) is 49.7. The summed E-state index contributed by atoms with van der Waals surface area (Å²) in [5.41, 5.74) is 5.54. The molecule has 27 heteroatoms. The van der Waals surface area contributed by atoms with Crippen LogP contribution in [0.4, 0.5) is 0 Å². The third-order valence-corrected chi connectivity index (χ3v) is 17.0. The smallest absolute Gasteiger partial charge is 0.237 e. The molecular formula is C62H69Cl2N5O20. The van der Waals surface area contributed by atoms with Gasteiger partial charge in [0.25, 0.3) is 0 Å². The molecule has 0 spiro atoms. The average Bonchev–Trinajstić information content (AvgIpc) is 1.35. The largest absolute Gasteiger partial charge is 0.508 e. The Labute approximate surface area is 519 Å². The lowest BCUT2D eigenvalue weighted by atomic mass is 9.80. The summed E-state index contributed by atoms with van der Waals surface area (Å²) in [5, 5.41) is 123. The number of rotatable bonds is 11. The summed E-state index contributed by atoms with van der Waals surface area (Å²) in [5.74, 6) is -13.2. The van der Waals surface area contributed by atoms with Gasteiger partial charge >= 0.3 is 0 Å². The standard InChI is InChI=1S/C62H69Cl2N5O20/c1-25(2)12-39(66-3)61(85)69-52-44(76)16-30(19-50(65)77)59(83)67-38-8-7-32-26-4-9-41(73)34(13-26)51-33(20-31(72)21-43(51)75)40(23-70)68-60(84)35(22-42(32)74)53(78)27-5-10-45(36(63)14-27)86-47-17-29(38)18-48(87-46-11-6-28(54(52)79)15-37(46)64)58(47)89-62-57(82)56(81)55(80)49(24-71)88-62/h4-6,9-11,13-15,17-18,20-21,25,30,32,35,38-40,49,52-57,62,66,70-73,75,78-82H,7-8,12,16,19,22-24H2,1-3H3,(H2,65,77)(H,67,83)(H,68,84)(H,69,85)/t30-,32-,35-,38-,39+,40+,49?,52-,53+,54+,55?,56-,57+,62?/m0/s1. The predicted molar refractivity (Wildman–Crippen MR) is 316 cm³/mol. The highest BCUT2D eigenvalue weighted by Crippen LogP contribution is 2.50. The van der Waals surface area contributed by atoms with Crippen molar-refractivity contribution in [1.29, 1.82) is 0 Å². The molecule has 1 saturated heterocycles. The van der Waals surface area contributed by atoms with Crippen molar-refractivity contribution in [2.24, 2.45) is 23.5 Å². The molecule has 11 bridgehead atoms. The maximum Gasteiger partial charge on any atom is 0.237 e. The molecule has 5 aromatic carbocycles. The van der Waals surface area contributed by atoms with Gasteiger partial charge in [0.2, 0.25) is 35.7 Å². The number of nitrogens with one attached hydrogen (secondary N) is 4. The van der Waals surface area contributed by atoms with E-state index in [1.54, 1.807) is 0 Å². The number of hydrogen-bond donors (Lipinski definition) is 15. The number of carbonyl (C=O) groups excluding carboxylic acids is 6. The number of amides is 4. The number of likely N-dealkylation sites (N-methyl/N-ethyl adjacent to an activating group) is 1. The quantitative estimate of drug-likeness (QED) is 0.0897. The van der Waals surface area contributed by atoms with Crippen molar-refractivity contribution in [1.82, 2.24) is 21.3 Å². The van der Waals surface area contributed by atoms with E-state index >= 15 is 9.59 Å². The number of halogens is 2. The van der Waals surface area contributed by atoms with Crippen molar-refractivity contribution >= 4 is 58.4 Å². The topological polar surface area (TPSA) is 416 Å². The number of nitrogens with two attached hydrogens (primary N) is 1. The van der Waals surface area contributed by atoms with Crippen molar-refractivity contribution in [3.05, 3.63) is 117 Å². The van der Waals surface area contributed by atoms with Crippen molar-refractivity contribution in [2.75, 3.05) is 20.3 Å². The van der Waals surface area contributed by atoms with Crippen LogP contribution in [0.25, 0.3) is 11.1 Å². The molecule has 16 N–H and O–H groups in total. The second-order valence-electron chi connectivity index (χ2n) is 23.0. The molecule has 5 aromatic rings. The minimum atomic E-state index is -2.05. The van der Waals surface area contributed by atoms with E-state index in [0.29, 0.717) is 6.42 Å².